The minimum atomic E-state index is -0.0842. The lowest BCUT2D eigenvalue weighted by Crippen LogP contribution is -2.37. The Morgan fingerprint density at radius 1 is 1.39 bits per heavy atom. The number of hydrogen-bond acceptors (Lipinski definition) is 4. The van der Waals surface area contributed by atoms with Crippen molar-refractivity contribution in [3.05, 3.63) is 42.4 Å². The van der Waals surface area contributed by atoms with E-state index in [9.17, 15) is 4.79 Å². The highest BCUT2D eigenvalue weighted by atomic mass is 16.5. The van der Waals surface area contributed by atoms with Gasteiger partial charge < -0.3 is 10.1 Å². The van der Waals surface area contributed by atoms with Crippen molar-refractivity contribution in [1.29, 1.82) is 0 Å². The lowest BCUT2D eigenvalue weighted by Gasteiger charge is -2.29. The first-order chi connectivity index (χ1) is 11.3. The van der Waals surface area contributed by atoms with Crippen molar-refractivity contribution >= 4 is 11.7 Å². The fraction of sp³-hybridized carbons (Fsp3) is 0.471. The van der Waals surface area contributed by atoms with Gasteiger partial charge in [0.15, 0.2) is 5.82 Å². The maximum atomic E-state index is 12.5. The third kappa shape index (κ3) is 3.96. The monoisotopic (exact) mass is 314 g/mol. The molecule has 1 fully saturated rings. The second kappa shape index (κ2) is 7.37. The van der Waals surface area contributed by atoms with Gasteiger partial charge in [-0.3, -0.25) is 14.5 Å². The molecule has 0 spiro atoms. The first-order valence-corrected chi connectivity index (χ1v) is 8.11. The molecule has 0 aromatic carbocycles. The molecule has 1 saturated heterocycles. The van der Waals surface area contributed by atoms with Crippen LogP contribution < -0.4 is 5.32 Å². The van der Waals surface area contributed by atoms with Gasteiger partial charge in [-0.1, -0.05) is 6.92 Å². The molecule has 3 heterocycles. The van der Waals surface area contributed by atoms with Gasteiger partial charge >= 0.3 is 0 Å². The Morgan fingerprint density at radius 2 is 2.22 bits per heavy atom. The summed E-state index contributed by atoms with van der Waals surface area (Å²) in [6.07, 6.45) is 8.07. The van der Waals surface area contributed by atoms with E-state index in [2.05, 4.69) is 22.3 Å². The van der Waals surface area contributed by atoms with Crippen molar-refractivity contribution in [2.24, 2.45) is 5.92 Å². The van der Waals surface area contributed by atoms with Gasteiger partial charge in [0.2, 0.25) is 5.91 Å². The molecule has 0 bridgehead atoms. The van der Waals surface area contributed by atoms with Crippen LogP contribution in [0.5, 0.6) is 0 Å². The van der Waals surface area contributed by atoms with Crippen LogP contribution in [0.4, 0.5) is 5.82 Å². The normalized spacial score (nSPS) is 21.1. The SMILES string of the molecule is CC[C@H]1OCCC[C@@H]1C(=O)Nc1ccn(Cc2ccncc2)n1. The van der Waals surface area contributed by atoms with Crippen LogP contribution in [-0.2, 0) is 16.1 Å². The van der Waals surface area contributed by atoms with Gasteiger partial charge in [0.1, 0.15) is 0 Å². The molecule has 1 aliphatic heterocycles. The molecular formula is C17H22N4O2. The molecule has 1 N–H and O–H groups in total. The van der Waals surface area contributed by atoms with E-state index < -0.39 is 0 Å². The van der Waals surface area contributed by atoms with Gasteiger partial charge in [0.05, 0.1) is 18.6 Å². The average Bonchev–Trinajstić information content (AvgIpc) is 3.02. The highest BCUT2D eigenvalue weighted by Crippen LogP contribution is 2.24. The van der Waals surface area contributed by atoms with E-state index in [-0.39, 0.29) is 17.9 Å². The molecule has 6 nitrogen and oxygen atoms in total. The predicted octanol–water partition coefficient (Wildman–Crippen LogP) is 2.47. The first kappa shape index (κ1) is 15.7. The number of nitrogens with one attached hydrogen (secondary N) is 1. The largest absolute Gasteiger partial charge is 0.377 e. The Hall–Kier alpha value is -2.21. The predicted molar refractivity (Wildman–Crippen MR) is 87.0 cm³/mol. The smallest absolute Gasteiger partial charge is 0.231 e. The Balaban J connectivity index is 1.61. The van der Waals surface area contributed by atoms with Gasteiger partial charge in [-0.25, -0.2) is 0 Å². The van der Waals surface area contributed by atoms with Crippen LogP contribution in [0.3, 0.4) is 0 Å². The number of carbonyl (C=O) groups excluding carboxylic acids is 1. The van der Waals surface area contributed by atoms with Gasteiger partial charge in [-0.2, -0.15) is 5.10 Å². The molecule has 2 aromatic heterocycles. The van der Waals surface area contributed by atoms with Crippen molar-refractivity contribution in [1.82, 2.24) is 14.8 Å². The topological polar surface area (TPSA) is 69.0 Å². The number of amides is 1. The summed E-state index contributed by atoms with van der Waals surface area (Å²) in [5.74, 6) is 0.509. The highest BCUT2D eigenvalue weighted by molar-refractivity contribution is 5.92. The van der Waals surface area contributed by atoms with Crippen molar-refractivity contribution < 1.29 is 9.53 Å². The number of carbonyl (C=O) groups is 1. The van der Waals surface area contributed by atoms with E-state index in [1.165, 1.54) is 0 Å². The molecule has 2 atom stereocenters. The molecule has 23 heavy (non-hydrogen) atoms. The van der Waals surface area contributed by atoms with Crippen molar-refractivity contribution in [3.8, 4) is 0 Å². The molecule has 1 amide bonds. The van der Waals surface area contributed by atoms with Crippen LogP contribution in [0.25, 0.3) is 0 Å². The fourth-order valence-corrected chi connectivity index (χ4v) is 2.95. The van der Waals surface area contributed by atoms with Gasteiger partial charge in [-0.05, 0) is 37.0 Å². The van der Waals surface area contributed by atoms with E-state index in [1.807, 2.05) is 24.4 Å². The molecule has 0 unspecified atom stereocenters. The van der Waals surface area contributed by atoms with Gasteiger partial charge in [-0.15, -0.1) is 0 Å². The number of aromatic nitrogens is 3. The maximum Gasteiger partial charge on any atom is 0.231 e. The third-order valence-electron chi connectivity index (χ3n) is 4.17. The van der Waals surface area contributed by atoms with Crippen LogP contribution >= 0.6 is 0 Å². The van der Waals surface area contributed by atoms with Crippen LogP contribution in [-0.4, -0.2) is 33.4 Å². The summed E-state index contributed by atoms with van der Waals surface area (Å²) < 4.78 is 7.50. The Kier molecular flexibility index (Phi) is 5.02. The Labute approximate surface area is 135 Å². The molecule has 0 radical (unpaired) electrons. The average molecular weight is 314 g/mol. The molecule has 6 heteroatoms. The van der Waals surface area contributed by atoms with Crippen LogP contribution in [0, 0.1) is 5.92 Å². The number of hydrogen-bond donors (Lipinski definition) is 1. The second-order valence-corrected chi connectivity index (χ2v) is 5.81. The summed E-state index contributed by atoms with van der Waals surface area (Å²) in [7, 11) is 0. The zero-order valence-corrected chi connectivity index (χ0v) is 13.3. The van der Waals surface area contributed by atoms with Crippen LogP contribution in [0.1, 0.15) is 31.7 Å². The number of pyridine rings is 1. The summed E-state index contributed by atoms with van der Waals surface area (Å²) in [5.41, 5.74) is 1.12. The van der Waals surface area contributed by atoms with E-state index in [4.69, 9.17) is 4.74 Å². The standard InChI is InChI=1S/C17H22N4O2/c1-2-15-14(4-3-11-23-15)17(22)19-16-7-10-21(20-16)12-13-5-8-18-9-6-13/h5-10,14-15H,2-4,11-12H2,1H3,(H,19,20,22)/t14-,15+/m0/s1. The van der Waals surface area contributed by atoms with Gasteiger partial charge in [0.25, 0.3) is 0 Å². The molecule has 0 saturated carbocycles. The quantitative estimate of drug-likeness (QED) is 0.920. The number of ether oxygens (including phenoxy) is 1. The number of rotatable bonds is 5. The Bertz CT molecular complexity index is 641. The van der Waals surface area contributed by atoms with E-state index in [0.717, 1.165) is 31.4 Å². The number of nitrogens with zero attached hydrogens (tertiary/aromatic N) is 3. The lowest BCUT2D eigenvalue weighted by molar-refractivity contribution is -0.129. The second-order valence-electron chi connectivity index (χ2n) is 5.81. The zero-order chi connectivity index (χ0) is 16.1. The highest BCUT2D eigenvalue weighted by Gasteiger charge is 2.30. The first-order valence-electron chi connectivity index (χ1n) is 8.11. The van der Waals surface area contributed by atoms with Crippen LogP contribution in [0.15, 0.2) is 36.8 Å². The fourth-order valence-electron chi connectivity index (χ4n) is 2.95. The molecular weight excluding hydrogens is 292 g/mol. The summed E-state index contributed by atoms with van der Waals surface area (Å²) in [4.78, 5) is 16.5. The Morgan fingerprint density at radius 3 is 3.00 bits per heavy atom. The maximum absolute atomic E-state index is 12.5. The van der Waals surface area contributed by atoms with Crippen molar-refractivity contribution in [2.45, 2.75) is 38.8 Å². The summed E-state index contributed by atoms with van der Waals surface area (Å²) >= 11 is 0. The molecule has 3 rings (SSSR count). The lowest BCUT2D eigenvalue weighted by atomic mass is 9.92. The molecule has 1 aliphatic rings. The van der Waals surface area contributed by atoms with E-state index >= 15 is 0 Å². The van der Waals surface area contributed by atoms with Crippen molar-refractivity contribution in [2.75, 3.05) is 11.9 Å². The third-order valence-corrected chi connectivity index (χ3v) is 4.17. The van der Waals surface area contributed by atoms with E-state index in [1.54, 1.807) is 17.1 Å². The summed E-state index contributed by atoms with van der Waals surface area (Å²) in [6, 6.07) is 5.72. The van der Waals surface area contributed by atoms with E-state index in [0.29, 0.717) is 12.4 Å². The van der Waals surface area contributed by atoms with Crippen molar-refractivity contribution in [3.63, 3.8) is 0 Å². The summed E-state index contributed by atoms with van der Waals surface area (Å²) in [6.45, 7) is 3.46. The zero-order valence-electron chi connectivity index (χ0n) is 13.3. The summed E-state index contributed by atoms with van der Waals surface area (Å²) in [5, 5.41) is 7.33. The minimum Gasteiger partial charge on any atom is -0.377 e. The molecule has 0 aliphatic carbocycles. The van der Waals surface area contributed by atoms with Crippen LogP contribution in [0.2, 0.25) is 0 Å². The minimum absolute atomic E-state index is 0.00529. The molecule has 2 aromatic rings. The van der Waals surface area contributed by atoms with Gasteiger partial charge in [0, 0.05) is 31.3 Å². The molecule has 122 valence electrons. The number of anilines is 1.